The van der Waals surface area contributed by atoms with Gasteiger partial charge in [0, 0.05) is 5.69 Å². The molecule has 2 amide bonds. The molecule has 104 valence electrons. The van der Waals surface area contributed by atoms with Crippen molar-refractivity contribution in [2.24, 2.45) is 0 Å². The zero-order valence-electron chi connectivity index (χ0n) is 10.7. The Kier molecular flexibility index (Phi) is 4.72. The zero-order chi connectivity index (χ0) is 14.6. The van der Waals surface area contributed by atoms with E-state index in [0.717, 1.165) is 6.07 Å². The van der Waals surface area contributed by atoms with Gasteiger partial charge in [-0.1, -0.05) is 11.6 Å². The van der Waals surface area contributed by atoms with E-state index >= 15 is 0 Å². The summed E-state index contributed by atoms with van der Waals surface area (Å²) in [5, 5.41) is 4.76. The van der Waals surface area contributed by atoms with Gasteiger partial charge in [-0.25, -0.2) is 14.0 Å². The topological polar surface area (TPSA) is 67.4 Å². The van der Waals surface area contributed by atoms with Gasteiger partial charge >= 0.3 is 12.0 Å². The van der Waals surface area contributed by atoms with Crippen LogP contribution < -0.4 is 10.6 Å². The van der Waals surface area contributed by atoms with Crippen molar-refractivity contribution >= 4 is 29.3 Å². The number of anilines is 1. The van der Waals surface area contributed by atoms with Gasteiger partial charge in [-0.05, 0) is 32.0 Å². The second-order valence-electron chi connectivity index (χ2n) is 4.32. The fourth-order valence-corrected chi connectivity index (χ4v) is 1.51. The second-order valence-corrected chi connectivity index (χ2v) is 4.73. The summed E-state index contributed by atoms with van der Waals surface area (Å²) < 4.78 is 17.5. The molecule has 0 saturated carbocycles. The summed E-state index contributed by atoms with van der Waals surface area (Å²) in [6.45, 7) is 2.99. The smallest absolute Gasteiger partial charge is 0.331 e. The number of methoxy groups -OCH3 is 1. The Balaban J connectivity index is 2.70. The van der Waals surface area contributed by atoms with Crippen LogP contribution in [0.25, 0.3) is 0 Å². The van der Waals surface area contributed by atoms with Gasteiger partial charge < -0.3 is 15.4 Å². The lowest BCUT2D eigenvalue weighted by Crippen LogP contribution is -2.51. The number of nitrogens with one attached hydrogen (secondary N) is 2. The van der Waals surface area contributed by atoms with Crippen LogP contribution in [0.3, 0.4) is 0 Å². The molecule has 0 heterocycles. The number of hydrogen-bond donors (Lipinski definition) is 2. The lowest BCUT2D eigenvalue weighted by Gasteiger charge is -2.23. The standard InChI is InChI=1S/C12H14ClFN2O3/c1-12(2,10(17)19-3)16-11(18)15-7-4-5-9(14)8(13)6-7/h4-6H,1-3H3,(H2,15,16,18). The number of benzene rings is 1. The molecule has 0 aliphatic rings. The summed E-state index contributed by atoms with van der Waals surface area (Å²) in [6, 6.07) is 3.12. The van der Waals surface area contributed by atoms with Gasteiger partial charge in [-0.15, -0.1) is 0 Å². The van der Waals surface area contributed by atoms with E-state index < -0.39 is 23.4 Å². The average molecular weight is 289 g/mol. The number of urea groups is 1. The number of rotatable bonds is 3. The Morgan fingerprint density at radius 2 is 2.00 bits per heavy atom. The molecule has 0 bridgehead atoms. The molecule has 0 unspecified atom stereocenters. The Hall–Kier alpha value is -1.82. The zero-order valence-corrected chi connectivity index (χ0v) is 11.5. The van der Waals surface area contributed by atoms with Crippen LogP contribution in [0.2, 0.25) is 5.02 Å². The molecule has 2 N–H and O–H groups in total. The molecular formula is C12H14ClFN2O3. The highest BCUT2D eigenvalue weighted by Crippen LogP contribution is 2.19. The Morgan fingerprint density at radius 1 is 1.37 bits per heavy atom. The van der Waals surface area contributed by atoms with E-state index in [2.05, 4.69) is 15.4 Å². The van der Waals surface area contributed by atoms with E-state index in [-0.39, 0.29) is 5.02 Å². The molecule has 0 radical (unpaired) electrons. The third-order valence-electron chi connectivity index (χ3n) is 2.30. The number of carbonyl (C=O) groups excluding carboxylic acids is 2. The number of carbonyl (C=O) groups is 2. The highest BCUT2D eigenvalue weighted by Gasteiger charge is 2.30. The van der Waals surface area contributed by atoms with E-state index in [9.17, 15) is 14.0 Å². The summed E-state index contributed by atoms with van der Waals surface area (Å²) in [4.78, 5) is 23.1. The van der Waals surface area contributed by atoms with Gasteiger partial charge in [0.1, 0.15) is 11.4 Å². The molecule has 0 saturated heterocycles. The van der Waals surface area contributed by atoms with E-state index in [4.69, 9.17) is 11.6 Å². The van der Waals surface area contributed by atoms with Gasteiger partial charge in [0.2, 0.25) is 0 Å². The average Bonchev–Trinajstić information content (AvgIpc) is 2.32. The predicted octanol–water partition coefficient (Wildman–Crippen LogP) is 2.55. The van der Waals surface area contributed by atoms with Gasteiger partial charge in [0.25, 0.3) is 0 Å². The van der Waals surface area contributed by atoms with Crippen molar-refractivity contribution in [3.63, 3.8) is 0 Å². The first kappa shape index (κ1) is 15.2. The van der Waals surface area contributed by atoms with E-state index in [1.54, 1.807) is 0 Å². The minimum Gasteiger partial charge on any atom is -0.467 e. The first-order valence-corrected chi connectivity index (χ1v) is 5.76. The van der Waals surface area contributed by atoms with Crippen molar-refractivity contribution in [3.8, 4) is 0 Å². The third-order valence-corrected chi connectivity index (χ3v) is 2.59. The number of hydrogen-bond acceptors (Lipinski definition) is 3. The summed E-state index contributed by atoms with van der Waals surface area (Å²) in [6.07, 6.45) is 0. The third kappa shape index (κ3) is 4.10. The monoisotopic (exact) mass is 288 g/mol. The predicted molar refractivity (Wildman–Crippen MR) is 69.7 cm³/mol. The highest BCUT2D eigenvalue weighted by molar-refractivity contribution is 6.31. The molecule has 1 rings (SSSR count). The maximum absolute atomic E-state index is 12.9. The molecule has 0 fully saturated rings. The summed E-state index contributed by atoms with van der Waals surface area (Å²) in [5.74, 6) is -1.16. The van der Waals surface area contributed by atoms with E-state index in [1.807, 2.05) is 0 Å². The molecule has 1 aromatic carbocycles. The summed E-state index contributed by atoms with van der Waals surface area (Å²) in [5.41, 5.74) is -0.868. The molecule has 0 aliphatic carbocycles. The largest absolute Gasteiger partial charge is 0.467 e. The molecule has 0 spiro atoms. The number of amides is 2. The van der Waals surface area contributed by atoms with Crippen molar-refractivity contribution in [2.45, 2.75) is 19.4 Å². The fraction of sp³-hybridized carbons (Fsp3) is 0.333. The van der Waals surface area contributed by atoms with Crippen LogP contribution in [0.15, 0.2) is 18.2 Å². The lowest BCUT2D eigenvalue weighted by atomic mass is 10.1. The Bertz CT molecular complexity index is 506. The molecule has 1 aromatic rings. The van der Waals surface area contributed by atoms with Gasteiger partial charge in [-0.3, -0.25) is 0 Å². The van der Waals surface area contributed by atoms with Gasteiger partial charge in [0.15, 0.2) is 0 Å². The minimum atomic E-state index is -1.18. The van der Waals surface area contributed by atoms with Crippen LogP contribution in [0, 0.1) is 5.82 Å². The molecule has 0 aliphatic heterocycles. The Morgan fingerprint density at radius 3 is 2.53 bits per heavy atom. The molecular weight excluding hydrogens is 275 g/mol. The van der Waals surface area contributed by atoms with Crippen LogP contribution in [-0.4, -0.2) is 24.6 Å². The van der Waals surface area contributed by atoms with E-state index in [1.165, 1.54) is 33.1 Å². The van der Waals surface area contributed by atoms with Crippen LogP contribution in [0.4, 0.5) is 14.9 Å². The molecule has 0 aromatic heterocycles. The highest BCUT2D eigenvalue weighted by atomic mass is 35.5. The van der Waals surface area contributed by atoms with Crippen molar-refractivity contribution < 1.29 is 18.7 Å². The van der Waals surface area contributed by atoms with Crippen LogP contribution in [0.5, 0.6) is 0 Å². The summed E-state index contributed by atoms with van der Waals surface area (Å²) >= 11 is 5.58. The number of halogens is 2. The van der Waals surface area contributed by atoms with Crippen LogP contribution >= 0.6 is 11.6 Å². The molecule has 19 heavy (non-hydrogen) atoms. The van der Waals surface area contributed by atoms with Crippen molar-refractivity contribution in [1.29, 1.82) is 0 Å². The first-order chi connectivity index (χ1) is 8.76. The maximum atomic E-state index is 12.9. The maximum Gasteiger partial charge on any atom is 0.331 e. The lowest BCUT2D eigenvalue weighted by molar-refractivity contribution is -0.146. The van der Waals surface area contributed by atoms with Gasteiger partial charge in [0.05, 0.1) is 12.1 Å². The van der Waals surface area contributed by atoms with Crippen LogP contribution in [0.1, 0.15) is 13.8 Å². The summed E-state index contributed by atoms with van der Waals surface area (Å²) in [7, 11) is 1.23. The van der Waals surface area contributed by atoms with Gasteiger partial charge in [-0.2, -0.15) is 0 Å². The first-order valence-electron chi connectivity index (χ1n) is 5.39. The molecule has 0 atom stereocenters. The van der Waals surface area contributed by atoms with Crippen molar-refractivity contribution in [3.05, 3.63) is 29.0 Å². The fourth-order valence-electron chi connectivity index (χ4n) is 1.33. The van der Waals surface area contributed by atoms with Crippen molar-refractivity contribution in [1.82, 2.24) is 5.32 Å². The second kappa shape index (κ2) is 5.88. The SMILES string of the molecule is COC(=O)C(C)(C)NC(=O)Nc1ccc(F)c(Cl)c1. The number of esters is 1. The minimum absolute atomic E-state index is 0.106. The van der Waals surface area contributed by atoms with E-state index in [0.29, 0.717) is 5.69 Å². The van der Waals surface area contributed by atoms with Crippen LogP contribution in [-0.2, 0) is 9.53 Å². The van der Waals surface area contributed by atoms with Crippen molar-refractivity contribution in [2.75, 3.05) is 12.4 Å². The Labute approximate surface area is 115 Å². The molecule has 5 nitrogen and oxygen atoms in total. The quantitative estimate of drug-likeness (QED) is 0.840. The molecule has 7 heteroatoms. The number of ether oxygens (including phenoxy) is 1. The normalized spacial score (nSPS) is 10.8.